The summed E-state index contributed by atoms with van der Waals surface area (Å²) in [6.45, 7) is 8.60. The third kappa shape index (κ3) is 9.41. The van der Waals surface area contributed by atoms with Crippen LogP contribution in [0.25, 0.3) is 0 Å². The van der Waals surface area contributed by atoms with Crippen molar-refractivity contribution in [2.75, 3.05) is 44.9 Å². The average molecular weight is 400 g/mol. The molecule has 0 aromatic heterocycles. The van der Waals surface area contributed by atoms with Crippen molar-refractivity contribution in [3.05, 3.63) is 24.3 Å². The van der Waals surface area contributed by atoms with Crippen molar-refractivity contribution in [3.63, 3.8) is 0 Å². The number of ether oxygens (including phenoxy) is 1. The first kappa shape index (κ1) is 23.7. The van der Waals surface area contributed by atoms with Crippen LogP contribution in [0.3, 0.4) is 0 Å². The van der Waals surface area contributed by atoms with E-state index in [1.807, 2.05) is 32.9 Å². The molecule has 0 bridgehead atoms. The van der Waals surface area contributed by atoms with Gasteiger partial charge in [0.15, 0.2) is 0 Å². The second-order valence-electron chi connectivity index (χ2n) is 5.86. The third-order valence-electron chi connectivity index (χ3n) is 3.69. The van der Waals surface area contributed by atoms with Gasteiger partial charge in [-0.25, -0.2) is 5.53 Å². The van der Waals surface area contributed by atoms with E-state index in [0.29, 0.717) is 44.7 Å². The quantitative estimate of drug-likeness (QED) is 0.223. The number of nitrogens with zero attached hydrogens (tertiary/aromatic N) is 1. The monoisotopic (exact) mass is 399 g/mol. The smallest absolute Gasteiger partial charge is 0.389 e. The van der Waals surface area contributed by atoms with Crippen LogP contribution in [0.4, 0.5) is 11.4 Å². The Morgan fingerprint density at radius 1 is 1.15 bits per heavy atom. The van der Waals surface area contributed by atoms with Gasteiger partial charge in [-0.3, -0.25) is 0 Å². The van der Waals surface area contributed by atoms with Crippen LogP contribution >= 0.6 is 0 Å². The van der Waals surface area contributed by atoms with E-state index in [9.17, 15) is 5.11 Å². The fourth-order valence-electron chi connectivity index (χ4n) is 2.59. The van der Waals surface area contributed by atoms with Crippen LogP contribution < -0.4 is 5.32 Å². The van der Waals surface area contributed by atoms with Crippen LogP contribution in [0.1, 0.15) is 27.2 Å². The van der Waals surface area contributed by atoms with Gasteiger partial charge in [0, 0.05) is 44.7 Å². The standard InChI is InChI=1S/C18H33N3O5Si/c1-4-24-27(25-5-2,26-6-3)12-8-11-23-15-18(22)14-20-16-9-7-10-17(13-16)21-19/h7,9-10,13,18-20,22H,4-6,8,11-12,14-15H2,1-3H3. The molecule has 0 aliphatic rings. The normalized spacial score (nSPS) is 12.7. The largest absolute Gasteiger partial charge is 0.501 e. The summed E-state index contributed by atoms with van der Waals surface area (Å²) in [4.78, 5) is 0. The van der Waals surface area contributed by atoms with E-state index in [1.165, 1.54) is 0 Å². The Bertz CT molecular complexity index is 518. The zero-order chi connectivity index (χ0) is 20.0. The van der Waals surface area contributed by atoms with Crippen LogP contribution in [0, 0.1) is 5.53 Å². The fourth-order valence-corrected chi connectivity index (χ4v) is 5.17. The lowest BCUT2D eigenvalue weighted by Crippen LogP contribution is -2.46. The maximum Gasteiger partial charge on any atom is 0.501 e. The van der Waals surface area contributed by atoms with E-state index in [-0.39, 0.29) is 6.61 Å². The van der Waals surface area contributed by atoms with Crippen LogP contribution in [-0.4, -0.2) is 59.6 Å². The minimum Gasteiger partial charge on any atom is -0.389 e. The summed E-state index contributed by atoms with van der Waals surface area (Å²) < 4.78 is 23.0. The summed E-state index contributed by atoms with van der Waals surface area (Å²) in [5, 5.41) is 16.5. The van der Waals surface area contributed by atoms with Crippen LogP contribution in [0.5, 0.6) is 0 Å². The molecule has 0 amide bonds. The molecule has 154 valence electrons. The Morgan fingerprint density at radius 3 is 2.41 bits per heavy atom. The van der Waals surface area contributed by atoms with Gasteiger partial charge in [0.05, 0.1) is 18.4 Å². The molecule has 0 aliphatic heterocycles. The van der Waals surface area contributed by atoms with Crippen molar-refractivity contribution >= 4 is 20.2 Å². The molecule has 9 heteroatoms. The van der Waals surface area contributed by atoms with E-state index in [4.69, 9.17) is 23.5 Å². The van der Waals surface area contributed by atoms with E-state index in [2.05, 4.69) is 10.4 Å². The topological polar surface area (TPSA) is 105 Å². The summed E-state index contributed by atoms with van der Waals surface area (Å²) in [6.07, 6.45) is 0.119. The number of aliphatic hydroxyl groups is 1. The molecular weight excluding hydrogens is 366 g/mol. The zero-order valence-corrected chi connectivity index (χ0v) is 17.6. The van der Waals surface area contributed by atoms with Gasteiger partial charge < -0.3 is 28.4 Å². The third-order valence-corrected chi connectivity index (χ3v) is 6.84. The Morgan fingerprint density at radius 2 is 1.81 bits per heavy atom. The maximum absolute atomic E-state index is 10.0. The van der Waals surface area contributed by atoms with Crippen molar-refractivity contribution < 1.29 is 23.1 Å². The lowest BCUT2D eigenvalue weighted by atomic mass is 10.2. The molecule has 1 rings (SSSR count). The first-order valence-corrected chi connectivity index (χ1v) is 11.4. The summed E-state index contributed by atoms with van der Waals surface area (Å²) >= 11 is 0. The van der Waals surface area contributed by atoms with E-state index < -0.39 is 14.9 Å². The predicted octanol–water partition coefficient (Wildman–Crippen LogP) is 3.58. The molecule has 8 nitrogen and oxygen atoms in total. The van der Waals surface area contributed by atoms with Gasteiger partial charge in [-0.2, -0.15) is 5.11 Å². The van der Waals surface area contributed by atoms with Crippen LogP contribution in [-0.2, 0) is 18.0 Å². The van der Waals surface area contributed by atoms with Gasteiger partial charge in [-0.15, -0.1) is 0 Å². The summed E-state index contributed by atoms with van der Waals surface area (Å²) in [5.41, 5.74) is 8.39. The number of benzene rings is 1. The maximum atomic E-state index is 10.0. The highest BCUT2D eigenvalue weighted by Gasteiger charge is 2.39. The van der Waals surface area contributed by atoms with Crippen LogP contribution in [0.2, 0.25) is 6.04 Å². The van der Waals surface area contributed by atoms with Crippen molar-refractivity contribution in [2.24, 2.45) is 5.11 Å². The molecule has 0 fully saturated rings. The highest BCUT2D eigenvalue weighted by molar-refractivity contribution is 6.60. The van der Waals surface area contributed by atoms with Crippen molar-refractivity contribution in [1.82, 2.24) is 0 Å². The molecule has 0 saturated heterocycles. The predicted molar refractivity (Wildman–Crippen MR) is 107 cm³/mol. The SMILES string of the molecule is CCO[Si](CCCOCC(O)CNc1cccc(N=N)c1)(OCC)OCC. The van der Waals surface area contributed by atoms with Gasteiger partial charge in [0.2, 0.25) is 0 Å². The second-order valence-corrected chi connectivity index (χ2v) is 8.59. The first-order chi connectivity index (χ1) is 13.1. The first-order valence-electron chi connectivity index (χ1n) is 9.48. The summed E-state index contributed by atoms with van der Waals surface area (Å²) in [6, 6.07) is 7.86. The number of nitrogens with one attached hydrogen (secondary N) is 2. The van der Waals surface area contributed by atoms with Gasteiger partial charge in [0.1, 0.15) is 0 Å². The van der Waals surface area contributed by atoms with E-state index in [1.54, 1.807) is 12.1 Å². The van der Waals surface area contributed by atoms with Crippen molar-refractivity contribution in [3.8, 4) is 0 Å². The molecule has 0 radical (unpaired) electrons. The average Bonchev–Trinajstić information content (AvgIpc) is 2.67. The highest BCUT2D eigenvalue weighted by atomic mass is 28.4. The molecule has 1 aromatic carbocycles. The van der Waals surface area contributed by atoms with Gasteiger partial charge in [-0.05, 0) is 45.4 Å². The highest BCUT2D eigenvalue weighted by Crippen LogP contribution is 2.19. The lowest BCUT2D eigenvalue weighted by molar-refractivity contribution is 0.0379. The number of hydrogen-bond acceptors (Lipinski definition) is 8. The minimum atomic E-state index is -2.62. The molecule has 1 aromatic rings. The Kier molecular flexibility index (Phi) is 12.1. The molecule has 1 unspecified atom stereocenters. The van der Waals surface area contributed by atoms with E-state index >= 15 is 0 Å². The minimum absolute atomic E-state index is 0.238. The number of hydrogen-bond donors (Lipinski definition) is 3. The van der Waals surface area contributed by atoms with Gasteiger partial charge >= 0.3 is 8.80 Å². The van der Waals surface area contributed by atoms with E-state index in [0.717, 1.165) is 12.1 Å². The Labute approximate surface area is 163 Å². The summed E-state index contributed by atoms with van der Waals surface area (Å²) in [7, 11) is -2.62. The molecule has 0 aliphatic carbocycles. The molecular formula is C18H33N3O5Si. The number of anilines is 1. The van der Waals surface area contributed by atoms with Crippen molar-refractivity contribution in [1.29, 1.82) is 5.53 Å². The molecule has 27 heavy (non-hydrogen) atoms. The molecule has 3 N–H and O–H groups in total. The van der Waals surface area contributed by atoms with Gasteiger partial charge in [-0.1, -0.05) is 6.07 Å². The Hall–Kier alpha value is -1.36. The summed E-state index contributed by atoms with van der Waals surface area (Å²) in [5.74, 6) is 0. The van der Waals surface area contributed by atoms with Crippen molar-refractivity contribution in [2.45, 2.75) is 39.3 Å². The number of aliphatic hydroxyl groups excluding tert-OH is 1. The number of rotatable bonds is 16. The molecule has 0 spiro atoms. The Balaban J connectivity index is 2.27. The van der Waals surface area contributed by atoms with Gasteiger partial charge in [0.25, 0.3) is 0 Å². The van der Waals surface area contributed by atoms with Crippen LogP contribution in [0.15, 0.2) is 29.4 Å². The second kappa shape index (κ2) is 13.8. The molecule has 0 saturated carbocycles. The molecule has 1 atom stereocenters. The zero-order valence-electron chi connectivity index (χ0n) is 16.6. The lowest BCUT2D eigenvalue weighted by Gasteiger charge is -2.28. The molecule has 0 heterocycles. The fraction of sp³-hybridized carbons (Fsp3) is 0.667.